The molecule has 1 aromatic heterocycles. The lowest BCUT2D eigenvalue weighted by molar-refractivity contribution is -0.135. The molecule has 1 N–H and O–H groups in total. The second-order valence-electron chi connectivity index (χ2n) is 3.85. The van der Waals surface area contributed by atoms with Crippen LogP contribution in [0, 0.1) is 13.8 Å². The Morgan fingerprint density at radius 2 is 2.00 bits per heavy atom. The first kappa shape index (κ1) is 13.5. The number of halogens is 3. The summed E-state index contributed by atoms with van der Waals surface area (Å²) in [5, 5.41) is 3.03. The van der Waals surface area contributed by atoms with Crippen LogP contribution in [0.2, 0.25) is 0 Å². The van der Waals surface area contributed by atoms with Gasteiger partial charge in [-0.3, -0.25) is 0 Å². The van der Waals surface area contributed by atoms with Gasteiger partial charge in [0.2, 0.25) is 0 Å². The standard InChI is InChI=1S/C11H16F3NS/c1-8-6-10(16-9(8)2)7-15-5-3-4-11(12,13)14/h6,15H,3-5,7H2,1-2H3. The number of aryl methyl sites for hydroxylation is 2. The van der Waals surface area contributed by atoms with E-state index in [1.54, 1.807) is 11.3 Å². The maximum absolute atomic E-state index is 11.8. The minimum Gasteiger partial charge on any atom is -0.312 e. The molecule has 0 fully saturated rings. The molecule has 0 aliphatic rings. The Hall–Kier alpha value is -0.550. The average molecular weight is 251 g/mol. The van der Waals surface area contributed by atoms with Crippen LogP contribution in [0.15, 0.2) is 6.07 Å². The van der Waals surface area contributed by atoms with Crippen LogP contribution in [0.5, 0.6) is 0 Å². The minimum atomic E-state index is -4.03. The van der Waals surface area contributed by atoms with Gasteiger partial charge in [-0.1, -0.05) is 0 Å². The van der Waals surface area contributed by atoms with E-state index in [1.165, 1.54) is 15.3 Å². The van der Waals surface area contributed by atoms with E-state index in [-0.39, 0.29) is 6.42 Å². The molecule has 0 aromatic carbocycles. The highest BCUT2D eigenvalue weighted by Gasteiger charge is 2.25. The van der Waals surface area contributed by atoms with E-state index in [4.69, 9.17) is 0 Å². The van der Waals surface area contributed by atoms with Crippen molar-refractivity contribution in [2.24, 2.45) is 0 Å². The van der Waals surface area contributed by atoms with Crippen molar-refractivity contribution >= 4 is 11.3 Å². The van der Waals surface area contributed by atoms with E-state index in [0.29, 0.717) is 13.1 Å². The van der Waals surface area contributed by atoms with Crippen molar-refractivity contribution in [1.82, 2.24) is 5.32 Å². The van der Waals surface area contributed by atoms with Crippen molar-refractivity contribution in [3.05, 3.63) is 21.4 Å². The molecule has 0 bridgehead atoms. The predicted molar refractivity (Wildman–Crippen MR) is 60.8 cm³/mol. The highest BCUT2D eigenvalue weighted by Crippen LogP contribution is 2.21. The van der Waals surface area contributed by atoms with Crippen LogP contribution in [-0.4, -0.2) is 12.7 Å². The van der Waals surface area contributed by atoms with Gasteiger partial charge >= 0.3 is 6.18 Å². The Labute approximate surface area is 97.7 Å². The van der Waals surface area contributed by atoms with Crippen molar-refractivity contribution in [3.8, 4) is 0 Å². The second-order valence-corrected chi connectivity index (χ2v) is 5.19. The lowest BCUT2D eigenvalue weighted by atomic mass is 10.3. The van der Waals surface area contributed by atoms with Gasteiger partial charge < -0.3 is 5.32 Å². The molecule has 16 heavy (non-hydrogen) atoms. The highest BCUT2D eigenvalue weighted by molar-refractivity contribution is 7.12. The third-order valence-corrected chi connectivity index (χ3v) is 3.48. The van der Waals surface area contributed by atoms with Crippen LogP contribution in [0.25, 0.3) is 0 Å². The summed E-state index contributed by atoms with van der Waals surface area (Å²) in [6.45, 7) is 5.17. The van der Waals surface area contributed by atoms with Gasteiger partial charge in [0.05, 0.1) is 0 Å². The Kier molecular flexibility index (Phi) is 4.80. The quantitative estimate of drug-likeness (QED) is 0.785. The molecule has 1 rings (SSSR count). The monoisotopic (exact) mass is 251 g/mol. The van der Waals surface area contributed by atoms with Crippen LogP contribution >= 0.6 is 11.3 Å². The number of rotatable bonds is 5. The molecule has 0 spiro atoms. The van der Waals surface area contributed by atoms with Crippen molar-refractivity contribution in [3.63, 3.8) is 0 Å². The largest absolute Gasteiger partial charge is 0.389 e. The Bertz CT molecular complexity index is 311. The Morgan fingerprint density at radius 1 is 1.31 bits per heavy atom. The molecule has 92 valence electrons. The van der Waals surface area contributed by atoms with Gasteiger partial charge in [0.1, 0.15) is 0 Å². The van der Waals surface area contributed by atoms with E-state index >= 15 is 0 Å². The van der Waals surface area contributed by atoms with Gasteiger partial charge in [-0.25, -0.2) is 0 Å². The molecule has 1 nitrogen and oxygen atoms in total. The van der Waals surface area contributed by atoms with E-state index in [2.05, 4.69) is 11.4 Å². The third-order valence-electron chi connectivity index (χ3n) is 2.33. The zero-order valence-corrected chi connectivity index (χ0v) is 10.3. The van der Waals surface area contributed by atoms with Crippen LogP contribution < -0.4 is 5.32 Å². The summed E-state index contributed by atoms with van der Waals surface area (Å²) in [5.74, 6) is 0. The zero-order chi connectivity index (χ0) is 12.2. The van der Waals surface area contributed by atoms with Crippen LogP contribution in [-0.2, 0) is 6.54 Å². The van der Waals surface area contributed by atoms with Crippen molar-refractivity contribution in [2.45, 2.75) is 39.4 Å². The van der Waals surface area contributed by atoms with Crippen molar-refractivity contribution < 1.29 is 13.2 Å². The highest BCUT2D eigenvalue weighted by atomic mass is 32.1. The number of hydrogen-bond acceptors (Lipinski definition) is 2. The molecule has 0 aliphatic carbocycles. The molecule has 0 saturated carbocycles. The summed E-state index contributed by atoms with van der Waals surface area (Å²) in [6, 6.07) is 2.08. The van der Waals surface area contributed by atoms with Gasteiger partial charge in [0.25, 0.3) is 0 Å². The van der Waals surface area contributed by atoms with E-state index < -0.39 is 12.6 Å². The molecule has 0 radical (unpaired) electrons. The topological polar surface area (TPSA) is 12.0 Å². The first-order valence-electron chi connectivity index (χ1n) is 5.22. The predicted octanol–water partition coefficient (Wildman–Crippen LogP) is 3.80. The summed E-state index contributed by atoms with van der Waals surface area (Å²) in [5.41, 5.74) is 1.25. The van der Waals surface area contributed by atoms with Gasteiger partial charge in [-0.2, -0.15) is 13.2 Å². The molecular formula is C11H16F3NS. The summed E-state index contributed by atoms with van der Waals surface area (Å²) in [6.07, 6.45) is -4.59. The smallest absolute Gasteiger partial charge is 0.312 e. The molecule has 0 amide bonds. The summed E-state index contributed by atoms with van der Waals surface area (Å²) >= 11 is 1.69. The van der Waals surface area contributed by atoms with Gasteiger partial charge in [0.15, 0.2) is 0 Å². The molecule has 5 heteroatoms. The minimum absolute atomic E-state index is 0.146. The maximum Gasteiger partial charge on any atom is 0.389 e. The normalized spacial score (nSPS) is 12.1. The Morgan fingerprint density at radius 3 is 2.50 bits per heavy atom. The Balaban J connectivity index is 2.16. The van der Waals surface area contributed by atoms with Gasteiger partial charge in [0, 0.05) is 22.7 Å². The second kappa shape index (κ2) is 5.68. The van der Waals surface area contributed by atoms with Crippen LogP contribution in [0.1, 0.15) is 28.2 Å². The number of nitrogens with one attached hydrogen (secondary N) is 1. The average Bonchev–Trinajstić information content (AvgIpc) is 2.44. The van der Waals surface area contributed by atoms with E-state index in [0.717, 1.165) is 0 Å². The lowest BCUT2D eigenvalue weighted by Crippen LogP contribution is -2.17. The van der Waals surface area contributed by atoms with Gasteiger partial charge in [-0.15, -0.1) is 11.3 Å². The van der Waals surface area contributed by atoms with Gasteiger partial charge in [-0.05, 0) is 38.4 Å². The first-order chi connectivity index (χ1) is 7.38. The molecular weight excluding hydrogens is 235 g/mol. The fourth-order valence-electron chi connectivity index (χ4n) is 1.36. The van der Waals surface area contributed by atoms with Crippen molar-refractivity contribution in [2.75, 3.05) is 6.54 Å². The van der Waals surface area contributed by atoms with E-state index in [1.807, 2.05) is 13.8 Å². The number of thiophene rings is 1. The van der Waals surface area contributed by atoms with Crippen LogP contribution in [0.4, 0.5) is 13.2 Å². The summed E-state index contributed by atoms with van der Waals surface area (Å²) in [7, 11) is 0. The molecule has 0 saturated heterocycles. The number of alkyl halides is 3. The first-order valence-corrected chi connectivity index (χ1v) is 6.03. The molecule has 1 aromatic rings. The zero-order valence-electron chi connectivity index (χ0n) is 9.45. The summed E-state index contributed by atoms with van der Waals surface area (Å²) in [4.78, 5) is 2.45. The van der Waals surface area contributed by atoms with Crippen LogP contribution in [0.3, 0.4) is 0 Å². The summed E-state index contributed by atoms with van der Waals surface area (Å²) < 4.78 is 35.5. The molecule has 1 heterocycles. The molecule has 0 atom stereocenters. The fraction of sp³-hybridized carbons (Fsp3) is 0.636. The SMILES string of the molecule is Cc1cc(CNCCCC(F)(F)F)sc1C. The van der Waals surface area contributed by atoms with Crippen molar-refractivity contribution in [1.29, 1.82) is 0 Å². The fourth-order valence-corrected chi connectivity index (χ4v) is 2.39. The van der Waals surface area contributed by atoms with E-state index in [9.17, 15) is 13.2 Å². The third kappa shape index (κ3) is 4.99. The molecule has 0 aliphatic heterocycles. The molecule has 0 unspecified atom stereocenters. The number of hydrogen-bond donors (Lipinski definition) is 1. The lowest BCUT2D eigenvalue weighted by Gasteiger charge is -2.06. The maximum atomic E-state index is 11.8.